The Kier molecular flexibility index (Phi) is 2.06. The minimum atomic E-state index is 0.243. The van der Waals surface area contributed by atoms with Crippen LogP contribution in [0.1, 0.15) is 41.3 Å². The predicted molar refractivity (Wildman–Crippen MR) is 63.2 cm³/mol. The molecular weight excluding hydrogens is 198 g/mol. The molecule has 1 aromatic carbocycles. The van der Waals surface area contributed by atoms with Gasteiger partial charge in [0.1, 0.15) is 0 Å². The Hall–Kier alpha value is -1.31. The van der Waals surface area contributed by atoms with Crippen molar-refractivity contribution < 1.29 is 4.79 Å². The minimum absolute atomic E-state index is 0.243. The quantitative estimate of drug-likeness (QED) is 0.742. The van der Waals surface area contributed by atoms with E-state index in [0.29, 0.717) is 6.04 Å². The molecule has 0 spiro atoms. The van der Waals surface area contributed by atoms with Gasteiger partial charge < -0.3 is 4.90 Å². The van der Waals surface area contributed by atoms with Crippen molar-refractivity contribution in [3.63, 3.8) is 0 Å². The van der Waals surface area contributed by atoms with E-state index in [1.807, 2.05) is 19.1 Å². The topological polar surface area (TPSA) is 20.3 Å². The molecule has 2 aliphatic rings. The first-order chi connectivity index (χ1) is 7.68. The van der Waals surface area contributed by atoms with E-state index in [1.54, 1.807) is 0 Å². The summed E-state index contributed by atoms with van der Waals surface area (Å²) in [5.74, 6) is 0.992. The van der Waals surface area contributed by atoms with Gasteiger partial charge in [0.25, 0.3) is 5.91 Å². The summed E-state index contributed by atoms with van der Waals surface area (Å²) in [6.45, 7) is 5.03. The molecule has 1 aliphatic carbocycles. The van der Waals surface area contributed by atoms with E-state index >= 15 is 0 Å². The number of aryl methyl sites for hydroxylation is 1. The van der Waals surface area contributed by atoms with Crippen LogP contribution < -0.4 is 0 Å². The van der Waals surface area contributed by atoms with Crippen LogP contribution in [-0.2, 0) is 6.54 Å². The minimum Gasteiger partial charge on any atom is -0.331 e. The number of fused-ring (bicyclic) bond motifs is 1. The largest absolute Gasteiger partial charge is 0.331 e. The number of carbonyl (C=O) groups excluding carboxylic acids is 1. The Morgan fingerprint density at radius 3 is 2.75 bits per heavy atom. The average Bonchev–Trinajstić information content (AvgIpc) is 3.04. The van der Waals surface area contributed by atoms with Gasteiger partial charge in [-0.2, -0.15) is 0 Å². The number of hydrogen-bond donors (Lipinski definition) is 0. The monoisotopic (exact) mass is 215 g/mol. The lowest BCUT2D eigenvalue weighted by molar-refractivity contribution is 0.0697. The molecule has 16 heavy (non-hydrogen) atoms. The number of rotatable bonds is 2. The van der Waals surface area contributed by atoms with Gasteiger partial charge in [-0.15, -0.1) is 0 Å². The van der Waals surface area contributed by atoms with Crippen molar-refractivity contribution in [2.75, 3.05) is 0 Å². The summed E-state index contributed by atoms with van der Waals surface area (Å²) in [6, 6.07) is 6.58. The number of hydrogen-bond acceptors (Lipinski definition) is 1. The van der Waals surface area contributed by atoms with Crippen LogP contribution in [0.4, 0.5) is 0 Å². The molecule has 3 rings (SSSR count). The second kappa shape index (κ2) is 3.34. The Balaban J connectivity index is 1.94. The van der Waals surface area contributed by atoms with Crippen molar-refractivity contribution >= 4 is 5.91 Å². The molecule has 1 amide bonds. The summed E-state index contributed by atoms with van der Waals surface area (Å²) >= 11 is 0. The summed E-state index contributed by atoms with van der Waals surface area (Å²) < 4.78 is 0. The zero-order valence-corrected chi connectivity index (χ0v) is 9.86. The first-order valence-corrected chi connectivity index (χ1v) is 6.08. The fourth-order valence-electron chi connectivity index (χ4n) is 2.73. The van der Waals surface area contributed by atoms with Gasteiger partial charge in [0.15, 0.2) is 0 Å². The van der Waals surface area contributed by atoms with Crippen molar-refractivity contribution in [1.82, 2.24) is 4.90 Å². The highest BCUT2D eigenvalue weighted by Crippen LogP contribution is 2.38. The summed E-state index contributed by atoms with van der Waals surface area (Å²) in [5, 5.41) is 0. The van der Waals surface area contributed by atoms with E-state index in [1.165, 1.54) is 18.4 Å². The van der Waals surface area contributed by atoms with Crippen LogP contribution in [-0.4, -0.2) is 16.8 Å². The van der Waals surface area contributed by atoms with Gasteiger partial charge in [-0.3, -0.25) is 4.79 Å². The van der Waals surface area contributed by atoms with Gasteiger partial charge in [-0.25, -0.2) is 0 Å². The van der Waals surface area contributed by atoms with E-state index in [-0.39, 0.29) is 5.91 Å². The molecule has 2 nitrogen and oxygen atoms in total. The molecule has 1 aliphatic heterocycles. The fraction of sp³-hybridized carbons (Fsp3) is 0.500. The van der Waals surface area contributed by atoms with Crippen LogP contribution in [0.25, 0.3) is 0 Å². The normalized spacial score (nSPS) is 21.1. The van der Waals surface area contributed by atoms with Crippen LogP contribution in [0.5, 0.6) is 0 Å². The van der Waals surface area contributed by atoms with Crippen molar-refractivity contribution in [2.45, 2.75) is 39.3 Å². The molecule has 1 fully saturated rings. The maximum absolute atomic E-state index is 12.3. The molecule has 0 saturated heterocycles. The van der Waals surface area contributed by atoms with Gasteiger partial charge in [-0.1, -0.05) is 18.2 Å². The summed E-state index contributed by atoms with van der Waals surface area (Å²) in [7, 11) is 0. The number of nitrogens with zero attached hydrogens (tertiary/aromatic N) is 1. The third-order valence-corrected chi connectivity index (χ3v) is 3.97. The molecule has 0 N–H and O–H groups in total. The van der Waals surface area contributed by atoms with Crippen LogP contribution in [0.2, 0.25) is 0 Å². The molecule has 1 saturated carbocycles. The molecule has 1 atom stereocenters. The Labute approximate surface area is 96.3 Å². The zero-order chi connectivity index (χ0) is 11.3. The summed E-state index contributed by atoms with van der Waals surface area (Å²) in [4.78, 5) is 14.4. The summed E-state index contributed by atoms with van der Waals surface area (Å²) in [5.41, 5.74) is 3.28. The summed E-state index contributed by atoms with van der Waals surface area (Å²) in [6.07, 6.45) is 2.58. The van der Waals surface area contributed by atoms with Crippen molar-refractivity contribution in [2.24, 2.45) is 5.92 Å². The SMILES string of the molecule is Cc1cccc2c1C(=O)N(C(C)C1CC1)C2. The lowest BCUT2D eigenvalue weighted by atomic mass is 10.0. The lowest BCUT2D eigenvalue weighted by Crippen LogP contribution is -2.34. The third kappa shape index (κ3) is 1.36. The number of carbonyl (C=O) groups is 1. The molecule has 2 heteroatoms. The smallest absolute Gasteiger partial charge is 0.255 e. The Bertz CT molecular complexity index is 448. The lowest BCUT2D eigenvalue weighted by Gasteiger charge is -2.24. The number of amides is 1. The zero-order valence-electron chi connectivity index (χ0n) is 9.86. The molecule has 0 bridgehead atoms. The van der Waals surface area contributed by atoms with Crippen LogP contribution in [0.3, 0.4) is 0 Å². The van der Waals surface area contributed by atoms with Crippen molar-refractivity contribution in [3.05, 3.63) is 34.9 Å². The van der Waals surface area contributed by atoms with Gasteiger partial charge in [-0.05, 0) is 43.7 Å². The standard InChI is InChI=1S/C14H17NO/c1-9-4-3-5-12-8-15(14(16)13(9)12)10(2)11-6-7-11/h3-5,10-11H,6-8H2,1-2H3. The average molecular weight is 215 g/mol. The first kappa shape index (κ1) is 9.88. The van der Waals surface area contributed by atoms with Gasteiger partial charge in [0.2, 0.25) is 0 Å². The predicted octanol–water partition coefficient (Wildman–Crippen LogP) is 2.75. The van der Waals surface area contributed by atoms with E-state index in [9.17, 15) is 4.79 Å². The van der Waals surface area contributed by atoms with Crippen molar-refractivity contribution in [3.8, 4) is 0 Å². The van der Waals surface area contributed by atoms with Gasteiger partial charge in [0, 0.05) is 18.2 Å². The first-order valence-electron chi connectivity index (χ1n) is 6.08. The van der Waals surface area contributed by atoms with E-state index in [4.69, 9.17) is 0 Å². The van der Waals surface area contributed by atoms with E-state index < -0.39 is 0 Å². The maximum Gasteiger partial charge on any atom is 0.255 e. The molecule has 84 valence electrons. The van der Waals surface area contributed by atoms with E-state index in [2.05, 4.69) is 17.9 Å². The highest BCUT2D eigenvalue weighted by molar-refractivity contribution is 5.99. The second-order valence-corrected chi connectivity index (χ2v) is 5.12. The van der Waals surface area contributed by atoms with Gasteiger partial charge in [0.05, 0.1) is 0 Å². The molecule has 0 radical (unpaired) electrons. The highest BCUT2D eigenvalue weighted by Gasteiger charge is 2.38. The second-order valence-electron chi connectivity index (χ2n) is 5.12. The Morgan fingerprint density at radius 1 is 1.38 bits per heavy atom. The third-order valence-electron chi connectivity index (χ3n) is 3.97. The van der Waals surface area contributed by atoms with Gasteiger partial charge >= 0.3 is 0 Å². The van der Waals surface area contributed by atoms with Crippen LogP contribution in [0.15, 0.2) is 18.2 Å². The molecule has 1 aromatic rings. The molecule has 1 unspecified atom stereocenters. The highest BCUT2D eigenvalue weighted by atomic mass is 16.2. The Morgan fingerprint density at radius 2 is 2.12 bits per heavy atom. The maximum atomic E-state index is 12.3. The molecule has 1 heterocycles. The van der Waals surface area contributed by atoms with Crippen molar-refractivity contribution in [1.29, 1.82) is 0 Å². The molecular formula is C14H17NO. The van der Waals surface area contributed by atoms with Crippen LogP contribution in [0, 0.1) is 12.8 Å². The van der Waals surface area contributed by atoms with Crippen LogP contribution >= 0.6 is 0 Å². The van der Waals surface area contributed by atoms with E-state index in [0.717, 1.165) is 23.6 Å². The fourth-order valence-corrected chi connectivity index (χ4v) is 2.73. The number of benzene rings is 1. The molecule has 0 aromatic heterocycles.